The topological polar surface area (TPSA) is 51.5 Å². The van der Waals surface area contributed by atoms with Crippen molar-refractivity contribution < 1.29 is 13.9 Å². The van der Waals surface area contributed by atoms with E-state index in [0.717, 1.165) is 29.9 Å². The first-order valence-corrected chi connectivity index (χ1v) is 7.17. The highest BCUT2D eigenvalue weighted by atomic mass is 16.5. The molecule has 0 aliphatic heterocycles. The Morgan fingerprint density at radius 1 is 1.35 bits per heavy atom. The van der Waals surface area contributed by atoms with Crippen LogP contribution in [0.1, 0.15) is 29.8 Å². The van der Waals surface area contributed by atoms with Crippen molar-refractivity contribution in [3.05, 3.63) is 36.1 Å². The lowest BCUT2D eigenvalue weighted by Crippen LogP contribution is -2.24. The molecule has 0 spiro atoms. The SMILES string of the molecule is O=C(NCCCOCC1CC1)c1cc2ccccc2o1. The Kier molecular flexibility index (Phi) is 4.02. The molecular formula is C16H19NO3. The molecule has 20 heavy (non-hydrogen) atoms. The van der Waals surface area contributed by atoms with Gasteiger partial charge in [0.05, 0.1) is 0 Å². The fourth-order valence-corrected chi connectivity index (χ4v) is 2.09. The van der Waals surface area contributed by atoms with Crippen molar-refractivity contribution in [1.29, 1.82) is 0 Å². The predicted octanol–water partition coefficient (Wildman–Crippen LogP) is 2.98. The Hall–Kier alpha value is -1.81. The van der Waals surface area contributed by atoms with Gasteiger partial charge in [0.25, 0.3) is 5.91 Å². The van der Waals surface area contributed by atoms with Gasteiger partial charge in [-0.1, -0.05) is 18.2 Å². The molecule has 106 valence electrons. The average Bonchev–Trinajstić information content (AvgIpc) is 3.18. The summed E-state index contributed by atoms with van der Waals surface area (Å²) in [5.41, 5.74) is 0.741. The van der Waals surface area contributed by atoms with E-state index in [1.807, 2.05) is 24.3 Å². The second-order valence-electron chi connectivity index (χ2n) is 5.28. The molecule has 4 nitrogen and oxygen atoms in total. The van der Waals surface area contributed by atoms with Gasteiger partial charge in [0.15, 0.2) is 5.76 Å². The van der Waals surface area contributed by atoms with Crippen LogP contribution in [0.2, 0.25) is 0 Å². The van der Waals surface area contributed by atoms with E-state index < -0.39 is 0 Å². The number of fused-ring (bicyclic) bond motifs is 1. The van der Waals surface area contributed by atoms with Gasteiger partial charge in [-0.25, -0.2) is 0 Å². The molecule has 0 saturated heterocycles. The van der Waals surface area contributed by atoms with Gasteiger partial charge < -0.3 is 14.5 Å². The zero-order chi connectivity index (χ0) is 13.8. The Labute approximate surface area is 118 Å². The third kappa shape index (κ3) is 3.39. The number of rotatable bonds is 7. The van der Waals surface area contributed by atoms with Crippen molar-refractivity contribution in [1.82, 2.24) is 5.32 Å². The minimum atomic E-state index is -0.164. The summed E-state index contributed by atoms with van der Waals surface area (Å²) in [5.74, 6) is 0.994. The normalized spacial score (nSPS) is 14.6. The maximum absolute atomic E-state index is 11.9. The molecule has 1 aromatic heterocycles. The van der Waals surface area contributed by atoms with Gasteiger partial charge in [0, 0.05) is 25.1 Å². The van der Waals surface area contributed by atoms with Crippen LogP contribution in [-0.4, -0.2) is 25.7 Å². The maximum Gasteiger partial charge on any atom is 0.287 e. The van der Waals surface area contributed by atoms with Crippen molar-refractivity contribution >= 4 is 16.9 Å². The number of ether oxygens (including phenoxy) is 1. The molecule has 1 aliphatic carbocycles. The standard InChI is InChI=1S/C16H19NO3/c18-16(17-8-3-9-19-11-12-6-7-12)15-10-13-4-1-2-5-14(13)20-15/h1-2,4-5,10,12H,3,6-9,11H2,(H,17,18). The highest BCUT2D eigenvalue weighted by Crippen LogP contribution is 2.28. The number of carbonyl (C=O) groups excluding carboxylic acids is 1. The van der Waals surface area contributed by atoms with Crippen LogP contribution in [0, 0.1) is 5.92 Å². The van der Waals surface area contributed by atoms with E-state index in [2.05, 4.69) is 5.32 Å². The molecule has 0 radical (unpaired) electrons. The zero-order valence-corrected chi connectivity index (χ0v) is 11.4. The fourth-order valence-electron chi connectivity index (χ4n) is 2.09. The first-order chi connectivity index (χ1) is 9.83. The minimum Gasteiger partial charge on any atom is -0.451 e. The summed E-state index contributed by atoms with van der Waals surface area (Å²) in [4.78, 5) is 11.9. The third-order valence-electron chi connectivity index (χ3n) is 3.45. The van der Waals surface area contributed by atoms with E-state index in [1.54, 1.807) is 6.07 Å². The molecule has 1 aliphatic rings. The largest absolute Gasteiger partial charge is 0.451 e. The van der Waals surface area contributed by atoms with Gasteiger partial charge in [-0.3, -0.25) is 4.79 Å². The van der Waals surface area contributed by atoms with Gasteiger partial charge in [-0.05, 0) is 37.3 Å². The molecule has 0 unspecified atom stereocenters. The van der Waals surface area contributed by atoms with Crippen molar-refractivity contribution in [2.75, 3.05) is 19.8 Å². The zero-order valence-electron chi connectivity index (χ0n) is 11.4. The van der Waals surface area contributed by atoms with Crippen LogP contribution < -0.4 is 5.32 Å². The average molecular weight is 273 g/mol. The molecule has 2 aromatic rings. The van der Waals surface area contributed by atoms with Crippen LogP contribution in [0.25, 0.3) is 11.0 Å². The predicted molar refractivity (Wildman–Crippen MR) is 76.7 cm³/mol. The number of carbonyl (C=O) groups is 1. The Morgan fingerprint density at radius 2 is 2.20 bits per heavy atom. The van der Waals surface area contributed by atoms with E-state index in [9.17, 15) is 4.79 Å². The van der Waals surface area contributed by atoms with Crippen LogP contribution in [0.4, 0.5) is 0 Å². The quantitative estimate of drug-likeness (QED) is 0.789. The summed E-state index contributed by atoms with van der Waals surface area (Å²) in [6.07, 6.45) is 3.45. The molecule has 0 atom stereocenters. The van der Waals surface area contributed by atoms with Crippen LogP contribution in [0.15, 0.2) is 34.7 Å². The minimum absolute atomic E-state index is 0.164. The fraction of sp³-hybridized carbons (Fsp3) is 0.438. The summed E-state index contributed by atoms with van der Waals surface area (Å²) >= 11 is 0. The van der Waals surface area contributed by atoms with E-state index in [1.165, 1.54) is 12.8 Å². The first kappa shape index (κ1) is 13.2. The van der Waals surface area contributed by atoms with Gasteiger partial charge in [0.2, 0.25) is 0 Å². The molecule has 1 aromatic carbocycles. The summed E-state index contributed by atoms with van der Waals surface area (Å²) in [5, 5.41) is 3.80. The van der Waals surface area contributed by atoms with Gasteiger partial charge in [-0.15, -0.1) is 0 Å². The van der Waals surface area contributed by atoms with E-state index in [0.29, 0.717) is 18.9 Å². The molecule has 1 N–H and O–H groups in total. The van der Waals surface area contributed by atoms with Crippen LogP contribution in [0.3, 0.4) is 0 Å². The second-order valence-corrected chi connectivity index (χ2v) is 5.28. The molecule has 1 amide bonds. The summed E-state index contributed by atoms with van der Waals surface area (Å²) < 4.78 is 11.0. The van der Waals surface area contributed by atoms with Gasteiger partial charge in [0.1, 0.15) is 5.58 Å². The smallest absolute Gasteiger partial charge is 0.287 e. The number of hydrogen-bond donors (Lipinski definition) is 1. The highest BCUT2D eigenvalue weighted by Gasteiger charge is 2.20. The summed E-state index contributed by atoms with van der Waals surface area (Å²) in [6, 6.07) is 9.38. The van der Waals surface area contributed by atoms with Crippen molar-refractivity contribution in [2.45, 2.75) is 19.3 Å². The third-order valence-corrected chi connectivity index (χ3v) is 3.45. The molecular weight excluding hydrogens is 254 g/mol. The number of hydrogen-bond acceptors (Lipinski definition) is 3. The van der Waals surface area contributed by atoms with E-state index in [-0.39, 0.29) is 5.91 Å². The first-order valence-electron chi connectivity index (χ1n) is 7.17. The van der Waals surface area contributed by atoms with Gasteiger partial charge >= 0.3 is 0 Å². The lowest BCUT2D eigenvalue weighted by Gasteiger charge is -2.04. The molecule has 1 heterocycles. The molecule has 3 rings (SSSR count). The number of nitrogens with one attached hydrogen (secondary N) is 1. The van der Waals surface area contributed by atoms with Crippen molar-refractivity contribution in [2.24, 2.45) is 5.92 Å². The molecule has 1 saturated carbocycles. The van der Waals surface area contributed by atoms with E-state index >= 15 is 0 Å². The van der Waals surface area contributed by atoms with Crippen molar-refractivity contribution in [3.8, 4) is 0 Å². The summed E-state index contributed by atoms with van der Waals surface area (Å²) in [6.45, 7) is 2.19. The summed E-state index contributed by atoms with van der Waals surface area (Å²) in [7, 11) is 0. The van der Waals surface area contributed by atoms with Crippen LogP contribution in [-0.2, 0) is 4.74 Å². The Bertz CT molecular complexity index is 553. The number of furan rings is 1. The highest BCUT2D eigenvalue weighted by molar-refractivity contribution is 5.95. The number of amides is 1. The Morgan fingerprint density at radius 3 is 3.00 bits per heavy atom. The monoisotopic (exact) mass is 273 g/mol. The number of para-hydroxylation sites is 1. The van der Waals surface area contributed by atoms with E-state index in [4.69, 9.17) is 9.15 Å². The molecule has 0 bridgehead atoms. The second kappa shape index (κ2) is 6.09. The van der Waals surface area contributed by atoms with Crippen molar-refractivity contribution in [3.63, 3.8) is 0 Å². The molecule has 1 fully saturated rings. The van der Waals surface area contributed by atoms with Gasteiger partial charge in [-0.2, -0.15) is 0 Å². The lowest BCUT2D eigenvalue weighted by atomic mass is 10.2. The maximum atomic E-state index is 11.9. The lowest BCUT2D eigenvalue weighted by molar-refractivity contribution is 0.0913. The van der Waals surface area contributed by atoms with Crippen LogP contribution in [0.5, 0.6) is 0 Å². The van der Waals surface area contributed by atoms with Crippen LogP contribution >= 0.6 is 0 Å². The number of benzene rings is 1. The molecule has 4 heteroatoms. The Balaban J connectivity index is 1.41.